The Kier molecular flexibility index (Phi) is 6.45. The number of hydrogen-bond donors (Lipinski definition) is 1. The molecule has 0 spiro atoms. The first-order valence-electron chi connectivity index (χ1n) is 9.06. The van der Waals surface area contributed by atoms with Crippen LogP contribution in [0.15, 0.2) is 42.5 Å². The molecule has 2 amide bonds. The molecule has 1 aliphatic heterocycles. The van der Waals surface area contributed by atoms with Gasteiger partial charge in [0.2, 0.25) is 0 Å². The van der Waals surface area contributed by atoms with Gasteiger partial charge >= 0.3 is 6.03 Å². The molecule has 1 atom stereocenters. The molecular weight excluding hydrogens is 364 g/mol. The van der Waals surface area contributed by atoms with E-state index in [9.17, 15) is 4.79 Å². The second kappa shape index (κ2) is 9.00. The fraction of sp³-hybridized carbons (Fsp3) is 0.381. The van der Waals surface area contributed by atoms with E-state index in [1.807, 2.05) is 35.2 Å². The van der Waals surface area contributed by atoms with Gasteiger partial charge in [-0.15, -0.1) is 11.6 Å². The lowest BCUT2D eigenvalue weighted by atomic mass is 9.87. The Morgan fingerprint density at radius 1 is 1.19 bits per heavy atom. The van der Waals surface area contributed by atoms with E-state index in [2.05, 4.69) is 17.4 Å². The number of urea groups is 1. The lowest BCUT2D eigenvalue weighted by Gasteiger charge is -2.26. The zero-order chi connectivity index (χ0) is 19.2. The van der Waals surface area contributed by atoms with E-state index in [-0.39, 0.29) is 11.9 Å². The van der Waals surface area contributed by atoms with Crippen LogP contribution in [0.4, 0.5) is 4.79 Å². The van der Waals surface area contributed by atoms with Crippen molar-refractivity contribution in [1.29, 1.82) is 0 Å². The van der Waals surface area contributed by atoms with Gasteiger partial charge in [-0.05, 0) is 35.2 Å². The maximum absolute atomic E-state index is 12.6. The minimum atomic E-state index is -0.0803. The van der Waals surface area contributed by atoms with Gasteiger partial charge in [-0.3, -0.25) is 0 Å². The van der Waals surface area contributed by atoms with Crippen LogP contribution in [0.1, 0.15) is 22.6 Å². The van der Waals surface area contributed by atoms with Crippen LogP contribution in [0.3, 0.4) is 0 Å². The molecule has 6 heteroatoms. The predicted octanol–water partition coefficient (Wildman–Crippen LogP) is 3.64. The number of hydrogen-bond acceptors (Lipinski definition) is 3. The number of methoxy groups -OCH3 is 2. The normalized spacial score (nSPS) is 16.3. The number of carbonyl (C=O) groups is 1. The Labute approximate surface area is 165 Å². The molecule has 1 aliphatic rings. The molecule has 0 fully saturated rings. The second-order valence-corrected chi connectivity index (χ2v) is 6.86. The predicted molar refractivity (Wildman–Crippen MR) is 107 cm³/mol. The second-order valence-electron chi connectivity index (χ2n) is 6.49. The fourth-order valence-corrected chi connectivity index (χ4v) is 3.66. The van der Waals surface area contributed by atoms with Crippen LogP contribution in [0.25, 0.3) is 0 Å². The summed E-state index contributed by atoms with van der Waals surface area (Å²) < 4.78 is 11.0. The highest BCUT2D eigenvalue weighted by molar-refractivity contribution is 6.18. The number of rotatable bonds is 5. The molecule has 27 heavy (non-hydrogen) atoms. The lowest BCUT2D eigenvalue weighted by Crippen LogP contribution is -2.42. The van der Waals surface area contributed by atoms with Crippen molar-refractivity contribution in [2.45, 2.75) is 12.3 Å². The quantitative estimate of drug-likeness (QED) is 0.795. The largest absolute Gasteiger partial charge is 0.493 e. The first-order valence-corrected chi connectivity index (χ1v) is 9.59. The van der Waals surface area contributed by atoms with Crippen LogP contribution in [0, 0.1) is 0 Å². The van der Waals surface area contributed by atoms with Crippen molar-refractivity contribution >= 4 is 17.6 Å². The molecule has 0 bridgehead atoms. The molecule has 2 aromatic carbocycles. The molecular formula is C21H25ClN2O3. The maximum Gasteiger partial charge on any atom is 0.317 e. The molecule has 0 aromatic heterocycles. The number of fused-ring (bicyclic) bond motifs is 1. The number of halogens is 1. The summed E-state index contributed by atoms with van der Waals surface area (Å²) in [6.45, 7) is 1.70. The highest BCUT2D eigenvalue weighted by Gasteiger charge is 2.28. The van der Waals surface area contributed by atoms with Crippen molar-refractivity contribution in [3.63, 3.8) is 0 Å². The van der Waals surface area contributed by atoms with Crippen LogP contribution < -0.4 is 14.8 Å². The Balaban J connectivity index is 2.02. The summed E-state index contributed by atoms with van der Waals surface area (Å²) in [7, 11) is 3.28. The average Bonchev–Trinajstić information content (AvgIpc) is 2.91. The van der Waals surface area contributed by atoms with Crippen LogP contribution in [0.2, 0.25) is 0 Å². The minimum absolute atomic E-state index is 0.0604. The van der Waals surface area contributed by atoms with E-state index in [1.54, 1.807) is 14.2 Å². The van der Waals surface area contributed by atoms with Crippen molar-refractivity contribution in [2.24, 2.45) is 0 Å². The molecule has 0 unspecified atom stereocenters. The van der Waals surface area contributed by atoms with Crippen molar-refractivity contribution in [2.75, 3.05) is 39.7 Å². The summed E-state index contributed by atoms with van der Waals surface area (Å²) >= 11 is 5.72. The third-order valence-electron chi connectivity index (χ3n) is 4.93. The van der Waals surface area contributed by atoms with Crippen LogP contribution >= 0.6 is 11.6 Å². The summed E-state index contributed by atoms with van der Waals surface area (Å²) in [5, 5.41) is 2.88. The zero-order valence-electron chi connectivity index (χ0n) is 15.7. The smallest absolute Gasteiger partial charge is 0.317 e. The molecule has 0 saturated carbocycles. The molecule has 144 valence electrons. The molecule has 1 heterocycles. The monoisotopic (exact) mass is 388 g/mol. The van der Waals surface area contributed by atoms with Crippen LogP contribution in [-0.2, 0) is 6.42 Å². The van der Waals surface area contributed by atoms with E-state index in [0.717, 1.165) is 6.42 Å². The minimum Gasteiger partial charge on any atom is -0.493 e. The third-order valence-corrected chi connectivity index (χ3v) is 5.12. The fourth-order valence-electron chi connectivity index (χ4n) is 3.56. The van der Waals surface area contributed by atoms with E-state index >= 15 is 0 Å². The van der Waals surface area contributed by atoms with E-state index < -0.39 is 0 Å². The van der Waals surface area contributed by atoms with Crippen LogP contribution in [-0.4, -0.2) is 50.7 Å². The Morgan fingerprint density at radius 2 is 1.89 bits per heavy atom. The summed E-state index contributed by atoms with van der Waals surface area (Å²) in [5.74, 6) is 1.88. The van der Waals surface area contributed by atoms with Gasteiger partial charge in [0.15, 0.2) is 11.5 Å². The molecule has 2 aromatic rings. The van der Waals surface area contributed by atoms with Gasteiger partial charge in [0.1, 0.15) is 0 Å². The van der Waals surface area contributed by atoms with Gasteiger partial charge in [-0.1, -0.05) is 30.3 Å². The van der Waals surface area contributed by atoms with Crippen molar-refractivity contribution < 1.29 is 14.3 Å². The van der Waals surface area contributed by atoms with Crippen molar-refractivity contribution in [1.82, 2.24) is 10.2 Å². The van der Waals surface area contributed by atoms with Gasteiger partial charge in [0.05, 0.1) is 14.2 Å². The average molecular weight is 389 g/mol. The first-order chi connectivity index (χ1) is 13.2. The van der Waals surface area contributed by atoms with E-state index in [1.165, 1.54) is 16.7 Å². The Hall–Kier alpha value is -2.40. The van der Waals surface area contributed by atoms with Crippen molar-refractivity contribution in [3.8, 4) is 11.5 Å². The van der Waals surface area contributed by atoms with Gasteiger partial charge in [0, 0.05) is 31.4 Å². The summed E-state index contributed by atoms with van der Waals surface area (Å²) in [4.78, 5) is 14.5. The molecule has 1 N–H and O–H groups in total. The highest BCUT2D eigenvalue weighted by atomic mass is 35.5. The summed E-state index contributed by atoms with van der Waals surface area (Å²) in [6.07, 6.45) is 0.757. The van der Waals surface area contributed by atoms with Gasteiger partial charge in [-0.2, -0.15) is 0 Å². The Bertz CT molecular complexity index is 782. The number of nitrogens with one attached hydrogen (secondary N) is 1. The topological polar surface area (TPSA) is 50.8 Å². The van der Waals surface area contributed by atoms with Crippen molar-refractivity contribution in [3.05, 3.63) is 59.2 Å². The van der Waals surface area contributed by atoms with Gasteiger partial charge in [-0.25, -0.2) is 4.79 Å². The van der Waals surface area contributed by atoms with Crippen LogP contribution in [0.5, 0.6) is 11.5 Å². The molecule has 5 nitrogen and oxygen atoms in total. The molecule has 3 rings (SSSR count). The first kappa shape index (κ1) is 19.4. The third kappa shape index (κ3) is 4.30. The molecule has 0 saturated heterocycles. The van der Waals surface area contributed by atoms with Gasteiger partial charge < -0.3 is 19.7 Å². The summed E-state index contributed by atoms with van der Waals surface area (Å²) in [5.41, 5.74) is 3.52. The lowest BCUT2D eigenvalue weighted by molar-refractivity contribution is 0.199. The standard InChI is InChI=1S/C21H25ClN2O3/c1-26-19-12-16-8-11-24(21(25)23-10-9-22)14-18(15-6-4-3-5-7-15)17(16)13-20(19)27-2/h3-7,12-13,18H,8-11,14H2,1-2H3,(H,23,25)/t18-/m1/s1. The molecule has 0 aliphatic carbocycles. The number of amides is 2. The maximum atomic E-state index is 12.6. The highest BCUT2D eigenvalue weighted by Crippen LogP contribution is 2.38. The number of benzene rings is 2. The summed E-state index contributed by atoms with van der Waals surface area (Å²) in [6, 6.07) is 14.3. The number of nitrogens with zero attached hydrogens (tertiary/aromatic N) is 1. The number of carbonyl (C=O) groups excluding carboxylic acids is 1. The van der Waals surface area contributed by atoms with E-state index in [4.69, 9.17) is 21.1 Å². The number of ether oxygens (including phenoxy) is 2. The number of alkyl halides is 1. The van der Waals surface area contributed by atoms with E-state index in [0.29, 0.717) is 37.0 Å². The zero-order valence-corrected chi connectivity index (χ0v) is 16.5. The SMILES string of the molecule is COc1cc2c(cc1OC)[C@@H](c1ccccc1)CN(C(=O)NCCCl)CC2. The van der Waals surface area contributed by atoms with Gasteiger partial charge in [0.25, 0.3) is 0 Å². The molecule has 0 radical (unpaired) electrons. The Morgan fingerprint density at radius 3 is 2.56 bits per heavy atom.